The van der Waals surface area contributed by atoms with Gasteiger partial charge in [-0.3, -0.25) is 62.3 Å². The van der Waals surface area contributed by atoms with Crippen molar-refractivity contribution in [2.45, 2.75) is 200 Å². The number of ketones is 7. The Kier molecular flexibility index (Phi) is 56.3. The summed E-state index contributed by atoms with van der Waals surface area (Å²) in [5, 5.41) is 33.8. The maximum absolute atomic E-state index is 14.0. The average Bonchev–Trinajstić information content (AvgIpc) is 0.998. The lowest BCUT2D eigenvalue weighted by Crippen LogP contribution is -2.41. The third-order valence-corrected chi connectivity index (χ3v) is 19.7. The maximum atomic E-state index is 14.0. The number of nitrogens with one attached hydrogen (secondary N) is 6. The van der Waals surface area contributed by atoms with E-state index >= 15 is 0 Å². The average molecular weight is 1700 g/mol. The number of carboxylic acid groups (broad SMARTS) is 2. The Bertz CT molecular complexity index is 3490. The quantitative estimate of drug-likeness (QED) is 0.0248. The van der Waals surface area contributed by atoms with Gasteiger partial charge in [-0.2, -0.15) is 0 Å². The zero-order valence-corrected chi connectivity index (χ0v) is 70.4. The number of aromatic nitrogens is 2. The van der Waals surface area contributed by atoms with E-state index in [4.69, 9.17) is 66.8 Å². The largest absolute Gasteiger partial charge is 0.481 e. The number of amides is 5. The molecule has 0 saturated heterocycles. The van der Waals surface area contributed by atoms with E-state index in [1.165, 1.54) is 13.3 Å². The molecule has 0 unspecified atom stereocenters. The van der Waals surface area contributed by atoms with Gasteiger partial charge in [-0.25, -0.2) is 9.78 Å². The number of benzene rings is 2. The minimum absolute atomic E-state index is 0. The summed E-state index contributed by atoms with van der Waals surface area (Å²) >= 11 is 11.8. The highest BCUT2D eigenvalue weighted by molar-refractivity contribution is 6.30. The first-order valence-corrected chi connectivity index (χ1v) is 41.7. The number of ether oxygens (including phenoxy) is 8. The van der Waals surface area contributed by atoms with E-state index in [0.717, 1.165) is 11.1 Å². The molecule has 0 spiro atoms. The highest BCUT2D eigenvalue weighted by Crippen LogP contribution is 2.30. The Labute approximate surface area is 703 Å². The fourth-order valence-electron chi connectivity index (χ4n) is 12.2. The van der Waals surface area contributed by atoms with Gasteiger partial charge in [0.1, 0.15) is 61.4 Å². The van der Waals surface area contributed by atoms with Crippen LogP contribution in [0.5, 0.6) is 0 Å². The number of nitrogens with zero attached hydrogens (tertiary/aromatic N) is 1. The van der Waals surface area contributed by atoms with Gasteiger partial charge in [0.15, 0.2) is 11.6 Å². The van der Waals surface area contributed by atoms with Crippen molar-refractivity contribution in [3.63, 3.8) is 0 Å². The summed E-state index contributed by atoms with van der Waals surface area (Å²) in [6.45, 7) is 7.19. The number of halogens is 2. The molecule has 3 rings (SSSR count). The van der Waals surface area contributed by atoms with Gasteiger partial charge in [0.05, 0.1) is 84.4 Å². The Morgan fingerprint density at radius 1 is 0.449 bits per heavy atom. The molecule has 0 radical (unpaired) electrons. The van der Waals surface area contributed by atoms with E-state index in [1.807, 2.05) is 24.3 Å². The van der Waals surface area contributed by atoms with Gasteiger partial charge in [-0.15, -0.1) is 0 Å². The summed E-state index contributed by atoms with van der Waals surface area (Å²) in [4.78, 5) is 184. The number of Topliss-reactive ketones (excluding diaryl/α,β-unsaturated/α-hetero) is 7. The molecule has 0 bridgehead atoms. The summed E-state index contributed by atoms with van der Waals surface area (Å²) in [5.41, 5.74) is 7.81. The third kappa shape index (κ3) is 52.7. The van der Waals surface area contributed by atoms with Crippen molar-refractivity contribution in [1.29, 1.82) is 0 Å². The van der Waals surface area contributed by atoms with Crippen LogP contribution in [-0.4, -0.2) is 246 Å². The van der Waals surface area contributed by atoms with Crippen molar-refractivity contribution in [3.05, 3.63) is 87.9 Å². The smallest absolute Gasteiger partial charge is 0.326 e. The number of hydrogen-bond donors (Lipinski definition) is 9. The van der Waals surface area contributed by atoms with Crippen LogP contribution in [-0.2, 0) is 124 Å². The normalized spacial score (nSPS) is 12.7. The maximum Gasteiger partial charge on any atom is 0.326 e. The number of rotatable bonds is 76. The monoisotopic (exact) mass is 1700 g/mol. The lowest BCUT2D eigenvalue weighted by molar-refractivity contribution is -0.144. The third-order valence-electron chi connectivity index (χ3n) is 19.2. The van der Waals surface area contributed by atoms with Crippen LogP contribution in [0.15, 0.2) is 61.1 Å². The predicted octanol–water partition coefficient (Wildman–Crippen LogP) is 7.42. The van der Waals surface area contributed by atoms with Crippen LogP contribution < -0.4 is 32.3 Å². The van der Waals surface area contributed by atoms with Crippen LogP contribution in [0.2, 0.25) is 10.0 Å². The lowest BCUT2D eigenvalue weighted by Gasteiger charge is -2.26. The van der Waals surface area contributed by atoms with E-state index in [2.05, 4.69) is 36.6 Å². The molecular formula is C84H128Cl2N8O24. The second-order valence-electron chi connectivity index (χ2n) is 29.7. The molecule has 3 aromatic rings. The van der Waals surface area contributed by atoms with Gasteiger partial charge in [0.2, 0.25) is 29.5 Å². The number of aromatic amines is 1. The van der Waals surface area contributed by atoms with Crippen LogP contribution >= 0.6 is 23.2 Å². The number of aliphatic carboxylic acids is 2. The van der Waals surface area contributed by atoms with Gasteiger partial charge in [0, 0.05) is 151 Å². The Hall–Kier alpha value is -8.15. The molecule has 118 heavy (non-hydrogen) atoms. The topological polar surface area (TPSA) is 468 Å². The molecule has 0 aliphatic carbocycles. The lowest BCUT2D eigenvalue weighted by atomic mass is 9.76. The van der Waals surface area contributed by atoms with E-state index in [9.17, 15) is 77.3 Å². The molecule has 0 aliphatic rings. The van der Waals surface area contributed by atoms with Crippen LogP contribution in [0.1, 0.15) is 187 Å². The minimum atomic E-state index is -1.21. The number of hydrogen-bond acceptors (Lipinski definition) is 24. The zero-order chi connectivity index (χ0) is 86.6. The second-order valence-corrected chi connectivity index (χ2v) is 30.5. The summed E-state index contributed by atoms with van der Waals surface area (Å²) in [7, 11) is 0. The summed E-state index contributed by atoms with van der Waals surface area (Å²) in [5.74, 6) is -7.59. The molecule has 0 aliphatic heterocycles. The molecular weight excluding hydrogens is 1580 g/mol. The molecule has 1 heterocycles. The van der Waals surface area contributed by atoms with Crippen molar-refractivity contribution in [2.24, 2.45) is 28.9 Å². The fourth-order valence-corrected chi connectivity index (χ4v) is 12.4. The first kappa shape index (κ1) is 104. The van der Waals surface area contributed by atoms with Crippen molar-refractivity contribution in [3.8, 4) is 0 Å². The second kappa shape index (κ2) is 63.8. The standard InChI is InChI=1S/C84H126Cl2N8O24.H2/c1-60(95)63(14-4-6-34-89-80(105)57-118-49-45-114-41-37-92-81(106)58-117-48-42-111-38-10-17-69(96)30-31-73(83(109)110)94-78(103)19-9-13-62-22-28-67(86)29-23-62)24-32-74(99)64(51-76(101)84(2,3)53-75(100)72(87)52-68-54-88-59-93-68)15-5-7-35-90-79(104)56-116-47-43-112-39-11-18-71(98)55-115-46-44-113-40-36-91-77(102)33-25-65(82(107)108)50-70(97)16-8-12-61-20-26-66(85)27-21-61;/h20-23,26-29,54,59,63-65,72-73H,4-19,24-25,30-53,55-58,87H2,1-3H3,(H,88,93)(H,89,105)(H,90,104)(H,91,102)(H,92,106)(H,94,103)(H,107,108)(H,109,110);1H/t63-,64-,65-,72+,73+;/m1./s1. The van der Waals surface area contributed by atoms with Crippen LogP contribution in [0, 0.1) is 23.2 Å². The SMILES string of the molecule is CC(=O)[C@H](CCCCNC(=O)COCCOCCNC(=O)COCCOCCCC(=O)CC[C@H](NC(=O)CCCc1ccc(Cl)cc1)C(=O)O)CCC(=O)[C@H](CCCCNC(=O)COCCOCCCC(=O)COCCOCCNC(=O)CC[C@H](CC(=O)CCCc1ccc(Cl)cc1)C(=O)O)CC(=O)C(C)(C)CC(=O)[C@@H](N)Cc1cnc[nH]1.[HH]. The van der Waals surface area contributed by atoms with Crippen molar-refractivity contribution >= 4 is 105 Å². The van der Waals surface area contributed by atoms with Crippen LogP contribution in [0.25, 0.3) is 0 Å². The van der Waals surface area contributed by atoms with Gasteiger partial charge in [-0.1, -0.05) is 74.2 Å². The van der Waals surface area contributed by atoms with Crippen molar-refractivity contribution in [2.75, 3.05) is 132 Å². The number of carbonyl (C=O) groups excluding carboxylic acids is 12. The van der Waals surface area contributed by atoms with Gasteiger partial charge >= 0.3 is 11.9 Å². The van der Waals surface area contributed by atoms with Crippen molar-refractivity contribution < 1.29 is 117 Å². The molecule has 5 amide bonds. The van der Waals surface area contributed by atoms with Gasteiger partial charge in [-0.05, 0) is 126 Å². The molecule has 32 nitrogen and oxygen atoms in total. The first-order chi connectivity index (χ1) is 56.6. The van der Waals surface area contributed by atoms with E-state index in [1.54, 1.807) is 44.3 Å². The Morgan fingerprint density at radius 3 is 1.42 bits per heavy atom. The molecule has 2 aromatic carbocycles. The number of aryl methyl sites for hydroxylation is 2. The Morgan fingerprint density at radius 2 is 0.915 bits per heavy atom. The molecule has 0 saturated carbocycles. The van der Waals surface area contributed by atoms with Crippen molar-refractivity contribution in [1.82, 2.24) is 36.6 Å². The summed E-state index contributed by atoms with van der Waals surface area (Å²) in [6.07, 6.45) is 10.0. The highest BCUT2D eigenvalue weighted by atomic mass is 35.5. The van der Waals surface area contributed by atoms with Crippen LogP contribution in [0.4, 0.5) is 0 Å². The number of carboxylic acids is 2. The minimum Gasteiger partial charge on any atom is -0.481 e. The number of carbonyl (C=O) groups is 14. The highest BCUT2D eigenvalue weighted by Gasteiger charge is 2.35. The zero-order valence-electron chi connectivity index (χ0n) is 68.8. The van der Waals surface area contributed by atoms with Gasteiger partial charge in [0.25, 0.3) is 0 Å². The number of nitrogens with two attached hydrogens (primary N) is 1. The molecule has 0 fully saturated rings. The van der Waals surface area contributed by atoms with E-state index in [-0.39, 0.29) is 281 Å². The van der Waals surface area contributed by atoms with E-state index in [0.29, 0.717) is 99.3 Å². The van der Waals surface area contributed by atoms with E-state index < -0.39 is 53.1 Å². The first-order valence-electron chi connectivity index (χ1n) is 40.9. The molecule has 34 heteroatoms. The predicted molar refractivity (Wildman–Crippen MR) is 440 cm³/mol. The summed E-state index contributed by atoms with van der Waals surface area (Å²) < 4.78 is 43.6. The molecule has 1 aromatic heterocycles. The fraction of sp³-hybridized carbons (Fsp3) is 0.655. The molecule has 10 N–H and O–H groups in total. The number of H-pyrrole nitrogens is 1. The number of imidazole rings is 1. The molecule has 5 atom stereocenters. The van der Waals surface area contributed by atoms with Gasteiger partial charge < -0.3 is 85.4 Å². The Balaban J connectivity index is 0.0000480. The number of unbranched alkanes of at least 4 members (excludes halogenated alkanes) is 2. The molecule has 662 valence electrons. The summed E-state index contributed by atoms with van der Waals surface area (Å²) in [6, 6.07) is 12.5. The van der Waals surface area contributed by atoms with Crippen LogP contribution in [0.3, 0.4) is 0 Å².